The summed E-state index contributed by atoms with van der Waals surface area (Å²) in [4.78, 5) is 41.3. The molecule has 0 aromatic heterocycles. The Morgan fingerprint density at radius 3 is 2.56 bits per heavy atom. The van der Waals surface area contributed by atoms with Gasteiger partial charge in [0.05, 0.1) is 0 Å². The molecule has 4 unspecified atom stereocenters. The van der Waals surface area contributed by atoms with Gasteiger partial charge in [0.2, 0.25) is 11.8 Å². The summed E-state index contributed by atoms with van der Waals surface area (Å²) in [5.41, 5.74) is 1.52. The number of nitrogens with one attached hydrogen (secondary N) is 2. The Bertz CT molecular complexity index is 899. The zero-order valence-corrected chi connectivity index (χ0v) is 20.3. The van der Waals surface area contributed by atoms with Gasteiger partial charge in [-0.3, -0.25) is 14.4 Å². The lowest BCUT2D eigenvalue weighted by Crippen LogP contribution is -2.88. The second-order valence-electron chi connectivity index (χ2n) is 9.79. The van der Waals surface area contributed by atoms with Crippen LogP contribution in [0.3, 0.4) is 0 Å². The zero-order chi connectivity index (χ0) is 24.8. The summed E-state index contributed by atoms with van der Waals surface area (Å²) in [6.07, 6.45) is 4.26. The maximum Gasteiger partial charge on any atom is 0.279 e. The molecule has 0 aliphatic carbocycles. The number of carbonyl (C=O) groups is 3. The number of hydrogen-bond donors (Lipinski definition) is 3. The van der Waals surface area contributed by atoms with E-state index >= 15 is 0 Å². The number of carbonyl (C=O) groups excluding carboxylic acids is 3. The lowest BCUT2D eigenvalue weighted by molar-refractivity contribution is -0.615. The first-order valence-electron chi connectivity index (χ1n) is 12.0. The average molecular weight is 473 g/mol. The standard InChI is InChI=1S/C25H36N4O5/c1-15(2)14-19(28-33)23(30)27-21-22(16(3)4)34-18-9-7-17(8-10-18)11-12-26-24(31)20-6-5-13-29(20)25(21)32/h7-12,15-16,19-22H,5-6,13-14,28H2,1-4H3,(H,26,31)(H,27,30)/b12-11-. The normalized spacial score (nSPS) is 24.9. The smallest absolute Gasteiger partial charge is 0.279 e. The minimum Gasteiger partial charge on any atom is -0.635 e. The van der Waals surface area contributed by atoms with E-state index in [9.17, 15) is 19.6 Å². The first kappa shape index (κ1) is 25.7. The van der Waals surface area contributed by atoms with Crippen molar-refractivity contribution < 1.29 is 24.6 Å². The van der Waals surface area contributed by atoms with Crippen molar-refractivity contribution in [3.8, 4) is 5.75 Å². The van der Waals surface area contributed by atoms with E-state index in [2.05, 4.69) is 10.6 Å². The molecule has 3 aliphatic heterocycles. The molecule has 2 bridgehead atoms. The van der Waals surface area contributed by atoms with E-state index in [1.807, 2.05) is 39.8 Å². The summed E-state index contributed by atoms with van der Waals surface area (Å²) < 4.78 is 6.25. The Kier molecular flexibility index (Phi) is 8.68. The Morgan fingerprint density at radius 2 is 1.94 bits per heavy atom. The van der Waals surface area contributed by atoms with E-state index in [0.717, 1.165) is 5.56 Å². The van der Waals surface area contributed by atoms with Gasteiger partial charge in [0.1, 0.15) is 23.9 Å². The van der Waals surface area contributed by atoms with Crippen molar-refractivity contribution in [3.05, 3.63) is 41.2 Å². The van der Waals surface area contributed by atoms with Gasteiger partial charge in [-0.1, -0.05) is 39.8 Å². The molecule has 0 spiro atoms. The van der Waals surface area contributed by atoms with Crippen molar-refractivity contribution in [1.82, 2.24) is 15.5 Å². The van der Waals surface area contributed by atoms with Gasteiger partial charge in [-0.2, -0.15) is 0 Å². The molecule has 1 saturated heterocycles. The van der Waals surface area contributed by atoms with Crippen molar-refractivity contribution in [2.45, 2.75) is 71.2 Å². The van der Waals surface area contributed by atoms with Gasteiger partial charge in [0, 0.05) is 19.2 Å². The Morgan fingerprint density at radius 1 is 1.24 bits per heavy atom. The number of nitrogens with two attached hydrogens (primary N) is 1. The molecule has 4 atom stereocenters. The largest absolute Gasteiger partial charge is 0.635 e. The molecule has 4 N–H and O–H groups in total. The van der Waals surface area contributed by atoms with E-state index < -0.39 is 30.1 Å². The van der Waals surface area contributed by atoms with E-state index in [0.29, 0.717) is 37.0 Å². The van der Waals surface area contributed by atoms with Crippen LogP contribution >= 0.6 is 0 Å². The number of amides is 3. The molecule has 4 rings (SSSR count). The molecule has 34 heavy (non-hydrogen) atoms. The van der Waals surface area contributed by atoms with Crippen LogP contribution in [-0.4, -0.2) is 53.4 Å². The van der Waals surface area contributed by atoms with Gasteiger partial charge < -0.3 is 31.0 Å². The number of nitrogens with zero attached hydrogens (tertiary/aromatic N) is 1. The second-order valence-corrected chi connectivity index (χ2v) is 9.79. The molecule has 0 radical (unpaired) electrons. The highest BCUT2D eigenvalue weighted by Crippen LogP contribution is 2.25. The van der Waals surface area contributed by atoms with Crippen LogP contribution in [0.2, 0.25) is 0 Å². The van der Waals surface area contributed by atoms with Gasteiger partial charge in [-0.05, 0) is 48.4 Å². The molecule has 3 heterocycles. The molecule has 1 aromatic rings. The van der Waals surface area contributed by atoms with Crippen LogP contribution < -0.4 is 20.9 Å². The third-order valence-corrected chi connectivity index (χ3v) is 6.27. The number of rotatable bonds is 6. The fourth-order valence-corrected chi connectivity index (χ4v) is 4.48. The fraction of sp³-hybridized carbons (Fsp3) is 0.560. The minimum absolute atomic E-state index is 0.135. The highest BCUT2D eigenvalue weighted by atomic mass is 16.5. The summed E-state index contributed by atoms with van der Waals surface area (Å²) in [5, 5.41) is 17.3. The van der Waals surface area contributed by atoms with Gasteiger partial charge in [0.25, 0.3) is 5.91 Å². The van der Waals surface area contributed by atoms with Crippen LogP contribution in [0, 0.1) is 17.0 Å². The van der Waals surface area contributed by atoms with Crippen molar-refractivity contribution >= 4 is 23.8 Å². The minimum atomic E-state index is -1.05. The van der Waals surface area contributed by atoms with Gasteiger partial charge in [-0.25, -0.2) is 0 Å². The number of fused-ring (bicyclic) bond motifs is 7. The molecular weight excluding hydrogens is 436 g/mol. The average Bonchev–Trinajstić information content (AvgIpc) is 3.29. The summed E-state index contributed by atoms with van der Waals surface area (Å²) in [6.45, 7) is 8.10. The molecule has 1 fully saturated rings. The van der Waals surface area contributed by atoms with Crippen LogP contribution in [0.15, 0.2) is 30.5 Å². The van der Waals surface area contributed by atoms with Crippen molar-refractivity contribution in [2.24, 2.45) is 11.8 Å². The van der Waals surface area contributed by atoms with Crippen LogP contribution in [0.25, 0.3) is 6.08 Å². The maximum absolute atomic E-state index is 13.8. The van der Waals surface area contributed by atoms with Crippen LogP contribution in [0.5, 0.6) is 5.75 Å². The summed E-state index contributed by atoms with van der Waals surface area (Å²) in [5.74, 6) is -0.593. The fourth-order valence-electron chi connectivity index (χ4n) is 4.48. The monoisotopic (exact) mass is 472 g/mol. The first-order chi connectivity index (χ1) is 16.2. The SMILES string of the molecule is CC(C)CC([NH2+][O-])C(=O)NC1C(=O)N2CCCC2C(=O)N/C=C\c2ccc(cc2)OC1C(C)C. The third-order valence-electron chi connectivity index (χ3n) is 6.27. The lowest BCUT2D eigenvalue weighted by atomic mass is 9.96. The molecule has 9 heteroatoms. The number of ether oxygens (including phenoxy) is 1. The third kappa shape index (κ3) is 6.15. The molecule has 1 aromatic carbocycles. The number of hydrogen-bond acceptors (Lipinski definition) is 5. The van der Waals surface area contributed by atoms with Gasteiger partial charge in [-0.15, -0.1) is 0 Å². The second kappa shape index (κ2) is 11.5. The molecule has 9 nitrogen and oxygen atoms in total. The van der Waals surface area contributed by atoms with Crippen LogP contribution in [-0.2, 0) is 14.4 Å². The van der Waals surface area contributed by atoms with Gasteiger partial charge >= 0.3 is 0 Å². The quantitative estimate of drug-likeness (QED) is 0.535. The summed E-state index contributed by atoms with van der Waals surface area (Å²) in [6, 6.07) is 4.73. The molecule has 3 amide bonds. The maximum atomic E-state index is 13.8. The van der Waals surface area contributed by atoms with E-state index in [4.69, 9.17) is 4.74 Å². The van der Waals surface area contributed by atoms with Gasteiger partial charge in [0.15, 0.2) is 6.04 Å². The predicted molar refractivity (Wildman–Crippen MR) is 128 cm³/mol. The highest BCUT2D eigenvalue weighted by molar-refractivity contribution is 5.94. The van der Waals surface area contributed by atoms with Crippen molar-refractivity contribution in [2.75, 3.05) is 6.54 Å². The summed E-state index contributed by atoms with van der Waals surface area (Å²) in [7, 11) is 0. The number of hydroxylamine groups is 1. The Balaban J connectivity index is 2.00. The van der Waals surface area contributed by atoms with E-state index in [1.165, 1.54) is 4.90 Å². The first-order valence-corrected chi connectivity index (χ1v) is 12.0. The van der Waals surface area contributed by atoms with Crippen molar-refractivity contribution in [1.29, 1.82) is 0 Å². The number of benzene rings is 1. The van der Waals surface area contributed by atoms with E-state index in [1.54, 1.807) is 24.4 Å². The lowest BCUT2D eigenvalue weighted by Gasteiger charge is -2.35. The Labute approximate surface area is 200 Å². The topological polar surface area (TPSA) is 127 Å². The predicted octanol–water partition coefficient (Wildman–Crippen LogP) is 1.14. The molecular formula is C25H36N4O5. The van der Waals surface area contributed by atoms with Crippen LogP contribution in [0.4, 0.5) is 0 Å². The van der Waals surface area contributed by atoms with Crippen molar-refractivity contribution in [3.63, 3.8) is 0 Å². The number of quaternary nitrogens is 1. The highest BCUT2D eigenvalue weighted by Gasteiger charge is 2.43. The molecule has 0 saturated carbocycles. The Hall–Kier alpha value is -2.91. The van der Waals surface area contributed by atoms with Crippen LogP contribution in [0.1, 0.15) is 52.5 Å². The summed E-state index contributed by atoms with van der Waals surface area (Å²) >= 11 is 0. The zero-order valence-electron chi connectivity index (χ0n) is 20.3. The molecule has 186 valence electrons. The molecule has 3 aliphatic rings. The van der Waals surface area contributed by atoms with E-state index in [-0.39, 0.29) is 23.7 Å².